The Bertz CT molecular complexity index is 996. The van der Waals surface area contributed by atoms with Gasteiger partial charge in [0.15, 0.2) is 6.61 Å². The first kappa shape index (κ1) is 18.9. The molecule has 0 aliphatic rings. The molecule has 1 aromatic carbocycles. The molecular weight excluding hydrogens is 418 g/mol. The molecule has 10 heteroatoms. The Morgan fingerprint density at radius 2 is 1.88 bits per heavy atom. The van der Waals surface area contributed by atoms with Crippen LogP contribution in [0.5, 0.6) is 0 Å². The molecule has 0 radical (unpaired) electrons. The van der Waals surface area contributed by atoms with Crippen LogP contribution in [-0.2, 0) is 18.8 Å². The summed E-state index contributed by atoms with van der Waals surface area (Å²) in [5, 5.41) is 0.151. The normalized spacial score (nSPS) is 10.6. The molecule has 0 amide bonds. The van der Waals surface area contributed by atoms with E-state index in [9.17, 15) is 19.2 Å². The van der Waals surface area contributed by atoms with E-state index >= 15 is 0 Å². The number of rotatable bonds is 4. The molecule has 0 aliphatic carbocycles. The first-order valence-electron chi connectivity index (χ1n) is 6.86. The highest BCUT2D eigenvalue weighted by Gasteiger charge is 2.22. The minimum atomic E-state index is -0.859. The van der Waals surface area contributed by atoms with Crippen molar-refractivity contribution < 1.29 is 14.3 Å². The van der Waals surface area contributed by atoms with Gasteiger partial charge in [0.1, 0.15) is 11.4 Å². The van der Waals surface area contributed by atoms with Gasteiger partial charge in [-0.05, 0) is 18.2 Å². The number of halogens is 2. The van der Waals surface area contributed by atoms with Crippen LogP contribution >= 0.6 is 27.5 Å². The van der Waals surface area contributed by atoms with Gasteiger partial charge in [0.05, 0.1) is 10.6 Å². The fourth-order valence-electron chi connectivity index (χ4n) is 2.06. The molecule has 25 heavy (non-hydrogen) atoms. The lowest BCUT2D eigenvalue weighted by Crippen LogP contribution is -2.42. The van der Waals surface area contributed by atoms with Crippen LogP contribution in [0.2, 0.25) is 5.02 Å². The number of ketones is 1. The maximum atomic E-state index is 12.3. The zero-order chi connectivity index (χ0) is 18.9. The summed E-state index contributed by atoms with van der Waals surface area (Å²) in [5.74, 6) is -1.96. The van der Waals surface area contributed by atoms with E-state index in [4.69, 9.17) is 22.1 Å². The molecule has 0 bridgehead atoms. The van der Waals surface area contributed by atoms with Crippen LogP contribution < -0.4 is 17.0 Å². The Morgan fingerprint density at radius 3 is 2.52 bits per heavy atom. The molecule has 2 aromatic rings. The molecule has 2 rings (SSSR count). The monoisotopic (exact) mass is 429 g/mol. The van der Waals surface area contributed by atoms with E-state index in [1.807, 2.05) is 0 Å². The lowest BCUT2D eigenvalue weighted by molar-refractivity contribution is 0.0474. The second-order valence-electron chi connectivity index (χ2n) is 5.09. The average molecular weight is 431 g/mol. The van der Waals surface area contributed by atoms with Gasteiger partial charge in [0, 0.05) is 18.6 Å². The van der Waals surface area contributed by atoms with Gasteiger partial charge in [0.25, 0.3) is 5.56 Å². The zero-order valence-corrected chi connectivity index (χ0v) is 15.6. The van der Waals surface area contributed by atoms with Gasteiger partial charge < -0.3 is 10.5 Å². The Hall–Kier alpha value is -2.39. The van der Waals surface area contributed by atoms with Crippen LogP contribution in [0.4, 0.5) is 5.82 Å². The van der Waals surface area contributed by atoms with Crippen LogP contribution in [-0.4, -0.2) is 27.5 Å². The van der Waals surface area contributed by atoms with Gasteiger partial charge in [0.2, 0.25) is 5.78 Å². The molecule has 132 valence electrons. The van der Waals surface area contributed by atoms with Crippen LogP contribution in [0.3, 0.4) is 0 Å². The minimum absolute atomic E-state index is 0.0603. The maximum absolute atomic E-state index is 12.3. The van der Waals surface area contributed by atoms with Crippen molar-refractivity contribution in [2.24, 2.45) is 14.1 Å². The number of anilines is 1. The molecular formula is C15H13BrClN3O5. The average Bonchev–Trinajstić information content (AvgIpc) is 2.58. The fourth-order valence-corrected chi connectivity index (χ4v) is 2.61. The van der Waals surface area contributed by atoms with Crippen LogP contribution in [0.1, 0.15) is 20.7 Å². The van der Waals surface area contributed by atoms with E-state index in [0.717, 1.165) is 9.13 Å². The number of hydrogen-bond donors (Lipinski definition) is 1. The number of nitrogen functional groups attached to an aromatic ring is 1. The number of carbonyl (C=O) groups is 2. The number of benzene rings is 1. The zero-order valence-electron chi connectivity index (χ0n) is 13.2. The molecule has 2 N–H and O–H groups in total. The van der Waals surface area contributed by atoms with Crippen molar-refractivity contribution in [2.45, 2.75) is 0 Å². The van der Waals surface area contributed by atoms with Gasteiger partial charge in [-0.3, -0.25) is 18.7 Å². The molecule has 0 saturated heterocycles. The van der Waals surface area contributed by atoms with E-state index in [0.29, 0.717) is 4.47 Å². The highest BCUT2D eigenvalue weighted by atomic mass is 79.9. The third kappa shape index (κ3) is 3.67. The molecule has 1 heterocycles. The first-order chi connectivity index (χ1) is 11.6. The van der Waals surface area contributed by atoms with Crippen molar-refractivity contribution in [1.82, 2.24) is 9.13 Å². The molecule has 0 aliphatic heterocycles. The molecule has 0 unspecified atom stereocenters. The summed E-state index contributed by atoms with van der Waals surface area (Å²) in [4.78, 5) is 48.2. The topological polar surface area (TPSA) is 113 Å². The van der Waals surface area contributed by atoms with E-state index in [-0.39, 0.29) is 16.4 Å². The number of aromatic nitrogens is 2. The quantitative estimate of drug-likeness (QED) is 0.574. The number of nitrogens with two attached hydrogens (primary N) is 1. The second-order valence-corrected chi connectivity index (χ2v) is 6.41. The summed E-state index contributed by atoms with van der Waals surface area (Å²) < 4.78 is 7.22. The highest BCUT2D eigenvalue weighted by Crippen LogP contribution is 2.21. The number of hydrogen-bond acceptors (Lipinski definition) is 6. The smallest absolute Gasteiger partial charge is 0.340 e. The van der Waals surface area contributed by atoms with Gasteiger partial charge in [-0.25, -0.2) is 9.59 Å². The summed E-state index contributed by atoms with van der Waals surface area (Å²) in [7, 11) is 2.54. The Kier molecular flexibility index (Phi) is 5.48. The van der Waals surface area contributed by atoms with E-state index in [1.54, 1.807) is 6.07 Å². The van der Waals surface area contributed by atoms with Crippen LogP contribution in [0, 0.1) is 0 Å². The Labute approximate surface area is 154 Å². The van der Waals surface area contributed by atoms with Crippen molar-refractivity contribution in [3.05, 3.63) is 59.7 Å². The van der Waals surface area contributed by atoms with Crippen molar-refractivity contribution in [3.8, 4) is 0 Å². The van der Waals surface area contributed by atoms with Crippen molar-refractivity contribution in [1.29, 1.82) is 0 Å². The summed E-state index contributed by atoms with van der Waals surface area (Å²) in [6.07, 6.45) is 0. The van der Waals surface area contributed by atoms with E-state index in [1.165, 1.54) is 26.2 Å². The molecule has 0 saturated carbocycles. The third-order valence-electron chi connectivity index (χ3n) is 3.47. The van der Waals surface area contributed by atoms with Gasteiger partial charge in [-0.15, -0.1) is 0 Å². The van der Waals surface area contributed by atoms with Crippen LogP contribution in [0.25, 0.3) is 0 Å². The molecule has 0 fully saturated rings. The molecule has 8 nitrogen and oxygen atoms in total. The van der Waals surface area contributed by atoms with Gasteiger partial charge in [-0.2, -0.15) is 0 Å². The standard InChI is InChI=1S/C15H13BrClN3O5/c1-19-12(18)11(13(22)20(2)15(19)24)10(21)6-25-14(23)8-5-7(16)3-4-9(8)17/h3-5H,6,18H2,1-2H3. The summed E-state index contributed by atoms with van der Waals surface area (Å²) in [6, 6.07) is 4.57. The number of ether oxygens (including phenoxy) is 1. The molecule has 0 atom stereocenters. The van der Waals surface area contributed by atoms with Gasteiger partial charge >= 0.3 is 11.7 Å². The van der Waals surface area contributed by atoms with E-state index in [2.05, 4.69) is 15.9 Å². The number of nitrogens with zero attached hydrogens (tertiary/aromatic N) is 2. The predicted molar refractivity (Wildman–Crippen MR) is 95.1 cm³/mol. The highest BCUT2D eigenvalue weighted by molar-refractivity contribution is 9.10. The predicted octanol–water partition coefficient (Wildman–Crippen LogP) is 1.12. The largest absolute Gasteiger partial charge is 0.454 e. The van der Waals surface area contributed by atoms with Crippen molar-refractivity contribution >= 4 is 45.1 Å². The molecule has 1 aromatic heterocycles. The number of carbonyl (C=O) groups excluding carboxylic acids is 2. The number of esters is 1. The summed E-state index contributed by atoms with van der Waals surface area (Å²) in [5.41, 5.74) is 3.79. The van der Waals surface area contributed by atoms with Crippen LogP contribution in [0.15, 0.2) is 32.3 Å². The summed E-state index contributed by atoms with van der Waals surface area (Å²) >= 11 is 9.11. The Balaban J connectivity index is 2.27. The SMILES string of the molecule is Cn1c(N)c(C(=O)COC(=O)c2cc(Br)ccc2Cl)c(=O)n(C)c1=O. The lowest BCUT2D eigenvalue weighted by Gasteiger charge is -2.11. The summed E-state index contributed by atoms with van der Waals surface area (Å²) in [6.45, 7) is -0.723. The maximum Gasteiger partial charge on any atom is 0.340 e. The molecule has 0 spiro atoms. The third-order valence-corrected chi connectivity index (χ3v) is 4.29. The number of Topliss-reactive ketones (excluding diaryl/α,β-unsaturated/α-hetero) is 1. The Morgan fingerprint density at radius 1 is 1.24 bits per heavy atom. The van der Waals surface area contributed by atoms with E-state index < -0.39 is 35.2 Å². The minimum Gasteiger partial charge on any atom is -0.454 e. The van der Waals surface area contributed by atoms with Gasteiger partial charge in [-0.1, -0.05) is 27.5 Å². The second kappa shape index (κ2) is 7.24. The first-order valence-corrected chi connectivity index (χ1v) is 8.03. The fraction of sp³-hybridized carbons (Fsp3) is 0.200. The lowest BCUT2D eigenvalue weighted by atomic mass is 10.2. The van der Waals surface area contributed by atoms with Crippen molar-refractivity contribution in [2.75, 3.05) is 12.3 Å². The van der Waals surface area contributed by atoms with Crippen molar-refractivity contribution in [3.63, 3.8) is 0 Å².